The molecule has 3 aromatic carbocycles. The SMILES string of the molecule is C=CCC[C@@H](c1ccc(-n2cc3cc(-c4cc(CCC[C@H](C)NC(=O)OCc5ccccc5)cc(Cl)c4F)[nH]c3nc2=O)cc1)N(C)CCCNC(=O)OC(C)(C)C. The Morgan fingerprint density at radius 2 is 1.78 bits per heavy atom. The van der Waals surface area contributed by atoms with E-state index in [1.165, 1.54) is 4.57 Å². The van der Waals surface area contributed by atoms with Crippen LogP contribution in [0.3, 0.4) is 0 Å². The maximum absolute atomic E-state index is 15.5. The number of carbonyl (C=O) groups excluding carboxylic acids is 2. The topological polar surface area (TPSA) is 131 Å². The minimum Gasteiger partial charge on any atom is -0.445 e. The predicted molar refractivity (Wildman–Crippen MR) is 228 cm³/mol. The molecule has 2 amide bonds. The fourth-order valence-corrected chi connectivity index (χ4v) is 6.97. The number of benzene rings is 3. The van der Waals surface area contributed by atoms with E-state index in [-0.39, 0.29) is 29.3 Å². The number of aromatic amines is 1. The lowest BCUT2D eigenvalue weighted by molar-refractivity contribution is 0.0525. The van der Waals surface area contributed by atoms with Crippen molar-refractivity contribution in [2.24, 2.45) is 0 Å². The van der Waals surface area contributed by atoms with Crippen molar-refractivity contribution in [1.82, 2.24) is 30.1 Å². The molecule has 2 atom stereocenters. The molecule has 0 aliphatic carbocycles. The second kappa shape index (κ2) is 20.3. The monoisotopic (exact) mass is 812 g/mol. The van der Waals surface area contributed by atoms with E-state index in [4.69, 9.17) is 21.1 Å². The molecule has 0 bridgehead atoms. The molecular formula is C45H54ClFN6O5. The highest BCUT2D eigenvalue weighted by atomic mass is 35.5. The Bertz CT molecular complexity index is 2220. The number of fused-ring (bicyclic) bond motifs is 1. The van der Waals surface area contributed by atoms with E-state index in [1.54, 1.807) is 24.4 Å². The number of ether oxygens (including phenoxy) is 2. The van der Waals surface area contributed by atoms with E-state index in [0.29, 0.717) is 48.2 Å². The van der Waals surface area contributed by atoms with Crippen molar-refractivity contribution < 1.29 is 23.5 Å². The zero-order valence-corrected chi connectivity index (χ0v) is 34.7. The van der Waals surface area contributed by atoms with Crippen molar-refractivity contribution in [1.29, 1.82) is 0 Å². The van der Waals surface area contributed by atoms with Crippen LogP contribution >= 0.6 is 11.6 Å². The quantitative estimate of drug-likeness (QED) is 0.0594. The van der Waals surface area contributed by atoms with Gasteiger partial charge in [-0.15, -0.1) is 6.58 Å². The van der Waals surface area contributed by atoms with Gasteiger partial charge < -0.3 is 25.1 Å². The Hall–Kier alpha value is -5.46. The van der Waals surface area contributed by atoms with Gasteiger partial charge in [0.05, 0.1) is 16.4 Å². The maximum Gasteiger partial charge on any atom is 0.407 e. The number of hydrogen-bond donors (Lipinski definition) is 3. The number of hydrogen-bond acceptors (Lipinski definition) is 7. The molecule has 0 radical (unpaired) electrons. The highest BCUT2D eigenvalue weighted by Gasteiger charge is 2.20. The lowest BCUT2D eigenvalue weighted by Gasteiger charge is -2.29. The minimum atomic E-state index is -0.575. The average molecular weight is 813 g/mol. The third-order valence-corrected chi connectivity index (χ3v) is 9.93. The number of halogens is 2. The van der Waals surface area contributed by atoms with Gasteiger partial charge >= 0.3 is 17.9 Å². The van der Waals surface area contributed by atoms with Crippen LogP contribution < -0.4 is 16.3 Å². The van der Waals surface area contributed by atoms with Crippen molar-refractivity contribution in [3.8, 4) is 16.9 Å². The third-order valence-electron chi connectivity index (χ3n) is 9.65. The second-order valence-electron chi connectivity index (χ2n) is 15.6. The number of rotatable bonds is 18. The van der Waals surface area contributed by atoms with Crippen LogP contribution in [0.15, 0.2) is 96.4 Å². The molecular weight excluding hydrogens is 759 g/mol. The predicted octanol–water partition coefficient (Wildman–Crippen LogP) is 9.66. The third kappa shape index (κ3) is 12.5. The maximum atomic E-state index is 15.5. The number of nitrogens with one attached hydrogen (secondary N) is 3. The fourth-order valence-electron chi connectivity index (χ4n) is 6.72. The molecule has 0 aliphatic heterocycles. The summed E-state index contributed by atoms with van der Waals surface area (Å²) in [5, 5.41) is 6.29. The Labute approximate surface area is 344 Å². The number of H-pyrrole nitrogens is 1. The first-order chi connectivity index (χ1) is 27.7. The molecule has 0 saturated carbocycles. The number of aryl methyl sites for hydroxylation is 1. The Morgan fingerprint density at radius 3 is 2.48 bits per heavy atom. The largest absolute Gasteiger partial charge is 0.445 e. The lowest BCUT2D eigenvalue weighted by atomic mass is 10.00. The average Bonchev–Trinajstić information content (AvgIpc) is 3.59. The van der Waals surface area contributed by atoms with Crippen molar-refractivity contribution in [2.45, 2.75) is 90.5 Å². The van der Waals surface area contributed by atoms with Gasteiger partial charge in [0.15, 0.2) is 5.82 Å². The van der Waals surface area contributed by atoms with Crippen LogP contribution in [0.4, 0.5) is 14.0 Å². The molecule has 0 unspecified atom stereocenters. The van der Waals surface area contributed by atoms with Crippen LogP contribution in [0.5, 0.6) is 0 Å². The molecule has 11 nitrogen and oxygen atoms in total. The van der Waals surface area contributed by atoms with Gasteiger partial charge in [0.1, 0.15) is 17.9 Å². The first-order valence-corrected chi connectivity index (χ1v) is 20.0. The molecule has 13 heteroatoms. The normalized spacial score (nSPS) is 12.6. The highest BCUT2D eigenvalue weighted by Crippen LogP contribution is 2.32. The highest BCUT2D eigenvalue weighted by molar-refractivity contribution is 6.31. The van der Waals surface area contributed by atoms with E-state index >= 15 is 4.39 Å². The Morgan fingerprint density at radius 1 is 1.03 bits per heavy atom. The smallest absolute Gasteiger partial charge is 0.407 e. The number of aromatic nitrogens is 3. The number of amides is 2. The molecule has 3 N–H and O–H groups in total. The summed E-state index contributed by atoms with van der Waals surface area (Å²) in [6.45, 7) is 12.7. The number of alkyl carbamates (subject to hydrolysis) is 2. The van der Waals surface area contributed by atoms with E-state index in [0.717, 1.165) is 42.5 Å². The van der Waals surface area contributed by atoms with E-state index in [9.17, 15) is 14.4 Å². The van der Waals surface area contributed by atoms with E-state index in [1.807, 2.05) is 88.4 Å². The van der Waals surface area contributed by atoms with Crippen LogP contribution in [-0.4, -0.2) is 63.4 Å². The Balaban J connectivity index is 1.22. The van der Waals surface area contributed by atoms with Crippen LogP contribution in [-0.2, 0) is 22.5 Å². The molecule has 2 heterocycles. The molecule has 0 saturated heterocycles. The van der Waals surface area contributed by atoms with Gasteiger partial charge in [0.25, 0.3) is 0 Å². The summed E-state index contributed by atoms with van der Waals surface area (Å²) in [5.41, 5.74) is 3.49. The van der Waals surface area contributed by atoms with Gasteiger partial charge in [-0.1, -0.05) is 60.1 Å². The first kappa shape index (κ1) is 43.7. The van der Waals surface area contributed by atoms with Crippen molar-refractivity contribution in [3.05, 3.63) is 130 Å². The zero-order valence-electron chi connectivity index (χ0n) is 33.9. The number of allylic oxidation sites excluding steroid dienone is 1. The Kier molecular flexibility index (Phi) is 15.3. The summed E-state index contributed by atoms with van der Waals surface area (Å²) < 4.78 is 27.6. The van der Waals surface area contributed by atoms with Gasteiger partial charge in [0, 0.05) is 42.3 Å². The van der Waals surface area contributed by atoms with E-state index < -0.39 is 29.3 Å². The van der Waals surface area contributed by atoms with Gasteiger partial charge in [-0.2, -0.15) is 4.98 Å². The van der Waals surface area contributed by atoms with Crippen LogP contribution in [0.1, 0.15) is 82.5 Å². The van der Waals surface area contributed by atoms with E-state index in [2.05, 4.69) is 39.1 Å². The van der Waals surface area contributed by atoms with Gasteiger partial charge in [-0.05, 0) is 120 Å². The molecule has 0 spiro atoms. The van der Waals surface area contributed by atoms with Crippen LogP contribution in [0.25, 0.3) is 28.0 Å². The summed E-state index contributed by atoms with van der Waals surface area (Å²) >= 11 is 6.38. The summed E-state index contributed by atoms with van der Waals surface area (Å²) in [6.07, 6.45) is 7.09. The summed E-state index contributed by atoms with van der Waals surface area (Å²) in [6, 6.07) is 22.4. The van der Waals surface area contributed by atoms with Crippen molar-refractivity contribution in [2.75, 3.05) is 20.1 Å². The molecule has 5 aromatic rings. The van der Waals surface area contributed by atoms with Crippen LogP contribution in [0.2, 0.25) is 5.02 Å². The number of carbonyl (C=O) groups is 2. The summed E-state index contributed by atoms with van der Waals surface area (Å²) in [4.78, 5) is 47.2. The summed E-state index contributed by atoms with van der Waals surface area (Å²) in [5.74, 6) is -0.575. The fraction of sp³-hybridized carbons (Fsp3) is 0.378. The van der Waals surface area contributed by atoms with Crippen LogP contribution in [0, 0.1) is 5.82 Å². The van der Waals surface area contributed by atoms with Gasteiger partial charge in [-0.25, -0.2) is 18.8 Å². The molecule has 2 aromatic heterocycles. The minimum absolute atomic E-state index is 0.0102. The van der Waals surface area contributed by atoms with Gasteiger partial charge in [-0.3, -0.25) is 9.47 Å². The first-order valence-electron chi connectivity index (χ1n) is 19.7. The second-order valence-corrected chi connectivity index (χ2v) is 16.0. The molecule has 308 valence electrons. The van der Waals surface area contributed by atoms with Crippen molar-refractivity contribution >= 4 is 34.8 Å². The molecule has 0 fully saturated rings. The molecule has 0 aliphatic rings. The molecule has 5 rings (SSSR count). The van der Waals surface area contributed by atoms with Crippen molar-refractivity contribution in [3.63, 3.8) is 0 Å². The lowest BCUT2D eigenvalue weighted by Crippen LogP contribution is -2.34. The van der Waals surface area contributed by atoms with Gasteiger partial charge in [0.2, 0.25) is 0 Å². The zero-order chi connectivity index (χ0) is 41.8. The standard InChI is InChI=1S/C45H54ClFN6O5/c1-7-8-18-39(52(6)24-13-23-48-43(55)58-45(3,4)5)33-19-21-35(22-20-33)53-28-34-27-38(50-41(34)51-42(53)54)36-25-32(26-37(46)40(36)47)17-12-14-30(2)49-44(56)57-29-31-15-10-9-11-16-31/h7,9-11,15-16,19-22,25-28,30,39H,1,8,12-14,17-18,23-24,29H2,2-6H3,(H,48,55)(H,49,56)(H,50,51,54)/t30-,39-/m0/s1. The summed E-state index contributed by atoms with van der Waals surface area (Å²) in [7, 11) is 2.06. The molecule has 58 heavy (non-hydrogen) atoms. The number of nitrogens with zero attached hydrogens (tertiary/aromatic N) is 3.